The molecule has 0 radical (unpaired) electrons. The fraction of sp³-hybridized carbons (Fsp3) is 0.318. The number of benzene rings is 2. The number of thiazole rings is 1. The lowest BCUT2D eigenvalue weighted by atomic mass is 10.0. The molecule has 0 aliphatic carbocycles. The Morgan fingerprint density at radius 2 is 1.86 bits per heavy atom. The Morgan fingerprint density at radius 1 is 1.14 bits per heavy atom. The molecule has 0 spiro atoms. The van der Waals surface area contributed by atoms with E-state index in [-0.39, 0.29) is 24.7 Å². The molecule has 0 saturated heterocycles. The Kier molecular flexibility index (Phi) is 5.79. The molecule has 1 amide bonds. The Bertz CT molecular complexity index is 995. The molecule has 0 aliphatic heterocycles. The summed E-state index contributed by atoms with van der Waals surface area (Å²) in [6.07, 6.45) is 0.246. The van der Waals surface area contributed by atoms with Gasteiger partial charge in [-0.25, -0.2) is 4.98 Å². The van der Waals surface area contributed by atoms with E-state index in [2.05, 4.69) is 0 Å². The maximum absolute atomic E-state index is 13.1. The molecule has 2 aromatic carbocycles. The summed E-state index contributed by atoms with van der Waals surface area (Å²) in [6, 6.07) is 15.3. The second-order valence-corrected chi connectivity index (χ2v) is 8.29. The number of ether oxygens (including phenoxy) is 1. The molecular formula is C22H24N2O3S. The van der Waals surface area contributed by atoms with E-state index in [0.29, 0.717) is 0 Å². The van der Waals surface area contributed by atoms with Crippen LogP contribution < -0.4 is 4.74 Å². The van der Waals surface area contributed by atoms with E-state index in [1.165, 1.54) is 18.3 Å². The van der Waals surface area contributed by atoms with Crippen molar-refractivity contribution in [3.8, 4) is 5.75 Å². The largest absolute Gasteiger partial charge is 0.497 e. The lowest BCUT2D eigenvalue weighted by Gasteiger charge is -2.36. The van der Waals surface area contributed by atoms with Crippen LogP contribution in [0.3, 0.4) is 0 Å². The molecule has 5 nitrogen and oxygen atoms in total. The van der Waals surface area contributed by atoms with Crippen molar-refractivity contribution in [3.05, 3.63) is 59.1 Å². The van der Waals surface area contributed by atoms with Crippen LogP contribution in [0.2, 0.25) is 0 Å². The van der Waals surface area contributed by atoms with Gasteiger partial charge in [-0.2, -0.15) is 0 Å². The number of hydrogen-bond donors (Lipinski definition) is 0. The van der Waals surface area contributed by atoms with Crippen LogP contribution in [0.15, 0.2) is 48.5 Å². The van der Waals surface area contributed by atoms with Crippen LogP contribution in [0.1, 0.15) is 31.3 Å². The molecule has 3 rings (SSSR count). The van der Waals surface area contributed by atoms with E-state index in [4.69, 9.17) is 9.72 Å². The molecule has 6 heteroatoms. The van der Waals surface area contributed by atoms with Crippen molar-refractivity contribution in [2.45, 2.75) is 32.7 Å². The standard InChI is InChI=1S/C22H24N2O3S/c1-15(25)14-24(20(26)12-16-8-6-5-7-9-16)22(2,3)21-23-18-11-10-17(27-4)13-19(18)28-21/h5-11,13H,12,14H2,1-4H3. The third-order valence-corrected chi connectivity index (χ3v) is 6.00. The lowest BCUT2D eigenvalue weighted by molar-refractivity contribution is -0.140. The molecule has 146 valence electrons. The number of hydrogen-bond acceptors (Lipinski definition) is 5. The van der Waals surface area contributed by atoms with Crippen LogP contribution in [0, 0.1) is 0 Å². The van der Waals surface area contributed by atoms with Crippen molar-refractivity contribution in [2.75, 3.05) is 13.7 Å². The fourth-order valence-electron chi connectivity index (χ4n) is 3.10. The maximum atomic E-state index is 13.1. The summed E-state index contributed by atoms with van der Waals surface area (Å²) in [7, 11) is 1.63. The first-order valence-electron chi connectivity index (χ1n) is 9.10. The van der Waals surface area contributed by atoms with Crippen molar-refractivity contribution in [3.63, 3.8) is 0 Å². The second-order valence-electron chi connectivity index (χ2n) is 7.26. The van der Waals surface area contributed by atoms with E-state index < -0.39 is 5.54 Å². The Labute approximate surface area is 169 Å². The third kappa shape index (κ3) is 4.22. The molecule has 0 atom stereocenters. The average molecular weight is 397 g/mol. The second kappa shape index (κ2) is 8.10. The van der Waals surface area contributed by atoms with Crippen LogP contribution in [-0.2, 0) is 21.5 Å². The maximum Gasteiger partial charge on any atom is 0.228 e. The molecule has 0 bridgehead atoms. The van der Waals surface area contributed by atoms with E-state index in [1.54, 1.807) is 12.0 Å². The molecule has 0 saturated carbocycles. The molecule has 0 fully saturated rings. The van der Waals surface area contributed by atoms with E-state index in [0.717, 1.165) is 26.5 Å². The molecule has 1 aromatic heterocycles. The van der Waals surface area contributed by atoms with E-state index in [1.807, 2.05) is 62.4 Å². The van der Waals surface area contributed by atoms with Gasteiger partial charge in [0.2, 0.25) is 5.91 Å². The highest BCUT2D eigenvalue weighted by molar-refractivity contribution is 7.18. The number of fused-ring (bicyclic) bond motifs is 1. The highest BCUT2D eigenvalue weighted by Gasteiger charge is 2.36. The Hall–Kier alpha value is -2.73. The van der Waals surface area contributed by atoms with Gasteiger partial charge in [-0.15, -0.1) is 11.3 Å². The zero-order valence-corrected chi connectivity index (χ0v) is 17.4. The third-order valence-electron chi connectivity index (χ3n) is 4.67. The summed E-state index contributed by atoms with van der Waals surface area (Å²) in [6.45, 7) is 5.43. The van der Waals surface area contributed by atoms with Crippen molar-refractivity contribution in [2.24, 2.45) is 0 Å². The molecule has 28 heavy (non-hydrogen) atoms. The molecule has 0 aliphatic rings. The van der Waals surface area contributed by atoms with Gasteiger partial charge in [-0.05, 0) is 44.5 Å². The van der Waals surface area contributed by atoms with Gasteiger partial charge >= 0.3 is 0 Å². The number of methoxy groups -OCH3 is 1. The summed E-state index contributed by atoms with van der Waals surface area (Å²) in [5, 5.41) is 0.790. The predicted octanol–water partition coefficient (Wildman–Crippen LogP) is 4.20. The van der Waals surface area contributed by atoms with Gasteiger partial charge in [0, 0.05) is 0 Å². The van der Waals surface area contributed by atoms with E-state index >= 15 is 0 Å². The lowest BCUT2D eigenvalue weighted by Crippen LogP contribution is -2.48. The SMILES string of the molecule is COc1ccc2nc(C(C)(C)N(CC(C)=O)C(=O)Cc3ccccc3)sc2c1. The number of nitrogens with zero attached hydrogens (tertiary/aromatic N) is 2. The van der Waals surface area contributed by atoms with Gasteiger partial charge in [0.1, 0.15) is 16.5 Å². The molecular weight excluding hydrogens is 372 g/mol. The van der Waals surface area contributed by atoms with Gasteiger partial charge in [0.15, 0.2) is 0 Å². The van der Waals surface area contributed by atoms with Gasteiger partial charge < -0.3 is 9.64 Å². The smallest absolute Gasteiger partial charge is 0.228 e. The zero-order valence-electron chi connectivity index (χ0n) is 16.6. The summed E-state index contributed by atoms with van der Waals surface area (Å²) >= 11 is 1.52. The minimum absolute atomic E-state index is 0.0535. The topological polar surface area (TPSA) is 59.5 Å². The highest BCUT2D eigenvalue weighted by Crippen LogP contribution is 2.36. The van der Waals surface area contributed by atoms with Crippen LogP contribution in [0.5, 0.6) is 5.75 Å². The summed E-state index contributed by atoms with van der Waals surface area (Å²) in [5.41, 5.74) is 1.06. The Morgan fingerprint density at radius 3 is 2.50 bits per heavy atom. The first kappa shape index (κ1) is 20.0. The summed E-state index contributed by atoms with van der Waals surface area (Å²) in [5.74, 6) is 0.613. The van der Waals surface area contributed by atoms with Crippen molar-refractivity contribution < 1.29 is 14.3 Å². The zero-order chi connectivity index (χ0) is 20.3. The molecule has 3 aromatic rings. The van der Waals surface area contributed by atoms with Gasteiger partial charge in [-0.3, -0.25) is 9.59 Å². The highest BCUT2D eigenvalue weighted by atomic mass is 32.1. The minimum atomic E-state index is -0.714. The minimum Gasteiger partial charge on any atom is -0.497 e. The number of amides is 1. The van der Waals surface area contributed by atoms with Crippen LogP contribution in [0.4, 0.5) is 0 Å². The number of carbonyl (C=O) groups is 2. The number of rotatable bonds is 7. The number of aromatic nitrogens is 1. The van der Waals surface area contributed by atoms with Gasteiger partial charge in [0.05, 0.1) is 35.8 Å². The first-order chi connectivity index (χ1) is 13.3. The van der Waals surface area contributed by atoms with Gasteiger partial charge in [-0.1, -0.05) is 30.3 Å². The van der Waals surface area contributed by atoms with Crippen molar-refractivity contribution in [1.29, 1.82) is 0 Å². The van der Waals surface area contributed by atoms with Gasteiger partial charge in [0.25, 0.3) is 0 Å². The monoisotopic (exact) mass is 396 g/mol. The summed E-state index contributed by atoms with van der Waals surface area (Å²) in [4.78, 5) is 31.4. The summed E-state index contributed by atoms with van der Waals surface area (Å²) < 4.78 is 6.28. The predicted molar refractivity (Wildman–Crippen MR) is 112 cm³/mol. The number of Topliss-reactive ketones (excluding diaryl/α,β-unsaturated/α-hetero) is 1. The normalized spacial score (nSPS) is 11.4. The first-order valence-corrected chi connectivity index (χ1v) is 9.92. The fourth-order valence-corrected chi connectivity index (χ4v) is 4.20. The number of ketones is 1. The Balaban J connectivity index is 1.95. The van der Waals surface area contributed by atoms with Crippen LogP contribution in [0.25, 0.3) is 10.2 Å². The average Bonchev–Trinajstić information content (AvgIpc) is 3.10. The molecule has 0 N–H and O–H groups in total. The van der Waals surface area contributed by atoms with Crippen LogP contribution in [-0.4, -0.2) is 35.2 Å². The van der Waals surface area contributed by atoms with Crippen molar-refractivity contribution in [1.82, 2.24) is 9.88 Å². The molecule has 1 heterocycles. The number of carbonyl (C=O) groups excluding carboxylic acids is 2. The van der Waals surface area contributed by atoms with Crippen molar-refractivity contribution >= 4 is 33.2 Å². The van der Waals surface area contributed by atoms with E-state index in [9.17, 15) is 9.59 Å². The quantitative estimate of drug-likeness (QED) is 0.601. The molecule has 0 unspecified atom stereocenters. The van der Waals surface area contributed by atoms with Crippen LogP contribution >= 0.6 is 11.3 Å².